The molecule has 1 amide bonds. The van der Waals surface area contributed by atoms with Crippen molar-refractivity contribution in [2.45, 2.75) is 31.1 Å². The molecule has 3 fully saturated rings. The molecule has 0 aromatic heterocycles. The summed E-state index contributed by atoms with van der Waals surface area (Å²) in [5, 5.41) is 11.7. The van der Waals surface area contributed by atoms with Crippen LogP contribution < -0.4 is 10.0 Å². The molecule has 3 aliphatic rings. The average Bonchev–Trinajstić information content (AvgIpc) is 3.43. The molecular formula is C25H28N2O4. The number of fused-ring (bicyclic) bond motifs is 2. The first-order valence-electron chi connectivity index (χ1n) is 11.2. The normalized spacial score (nSPS) is 28.2. The summed E-state index contributed by atoms with van der Waals surface area (Å²) < 4.78 is 5.77. The summed E-state index contributed by atoms with van der Waals surface area (Å²) in [5.74, 6) is -2.62. The number of carboxylic acid groups (broad SMARTS) is 1. The molecule has 162 valence electrons. The van der Waals surface area contributed by atoms with Crippen LogP contribution >= 0.6 is 0 Å². The van der Waals surface area contributed by atoms with Gasteiger partial charge in [0.1, 0.15) is 6.04 Å². The fourth-order valence-electron chi connectivity index (χ4n) is 5.76. The molecule has 6 nitrogen and oxygen atoms in total. The number of carbonyl (C=O) groups is 2. The number of rotatable bonds is 5. The Labute approximate surface area is 182 Å². The van der Waals surface area contributed by atoms with E-state index in [1.807, 2.05) is 17.0 Å². The van der Waals surface area contributed by atoms with Gasteiger partial charge in [-0.3, -0.25) is 4.79 Å². The third-order valence-corrected chi connectivity index (χ3v) is 7.22. The molecule has 3 heterocycles. The van der Waals surface area contributed by atoms with Crippen molar-refractivity contribution in [3.05, 3.63) is 71.8 Å². The molecule has 1 N–H and O–H groups in total. The fraction of sp³-hybridized carbons (Fsp3) is 0.440. The molecule has 2 aromatic carbocycles. The Morgan fingerprint density at radius 1 is 0.871 bits per heavy atom. The molecule has 0 aliphatic carbocycles. The third kappa shape index (κ3) is 3.75. The van der Waals surface area contributed by atoms with E-state index in [9.17, 15) is 14.7 Å². The van der Waals surface area contributed by atoms with Crippen molar-refractivity contribution in [3.8, 4) is 0 Å². The number of piperazine rings is 1. The number of quaternary nitrogens is 1. The molecular weight excluding hydrogens is 392 g/mol. The van der Waals surface area contributed by atoms with Crippen LogP contribution in [0.25, 0.3) is 0 Å². The minimum absolute atomic E-state index is 0.0728. The second-order valence-electron chi connectivity index (χ2n) is 8.90. The summed E-state index contributed by atoms with van der Waals surface area (Å²) in [5.41, 5.74) is 2.53. The second-order valence-corrected chi connectivity index (χ2v) is 8.90. The zero-order chi connectivity index (χ0) is 21.4. The average molecular weight is 421 g/mol. The van der Waals surface area contributed by atoms with Gasteiger partial charge in [-0.25, -0.2) is 0 Å². The summed E-state index contributed by atoms with van der Waals surface area (Å²) in [6.07, 6.45) is 0.838. The van der Waals surface area contributed by atoms with Crippen molar-refractivity contribution in [3.63, 3.8) is 0 Å². The number of aliphatic carboxylic acids is 1. The highest BCUT2D eigenvalue weighted by Crippen LogP contribution is 2.44. The highest BCUT2D eigenvalue weighted by Gasteiger charge is 2.54. The van der Waals surface area contributed by atoms with Gasteiger partial charge in [-0.05, 0) is 12.8 Å². The number of amides is 1. The molecule has 3 aliphatic heterocycles. The molecule has 4 atom stereocenters. The number of nitrogens with zero attached hydrogens (tertiary/aromatic N) is 1. The molecule has 0 radical (unpaired) electrons. The van der Waals surface area contributed by atoms with E-state index >= 15 is 0 Å². The van der Waals surface area contributed by atoms with Gasteiger partial charge in [0, 0.05) is 23.0 Å². The van der Waals surface area contributed by atoms with Crippen molar-refractivity contribution in [2.75, 3.05) is 26.2 Å². The molecule has 0 spiro atoms. The van der Waals surface area contributed by atoms with Crippen LogP contribution in [0.15, 0.2) is 60.7 Å². The summed E-state index contributed by atoms with van der Waals surface area (Å²) in [4.78, 5) is 28.2. The fourth-order valence-corrected chi connectivity index (χ4v) is 5.76. The number of ether oxygens (including phenoxy) is 1. The molecule has 6 heteroatoms. The minimum atomic E-state index is -1.15. The Balaban J connectivity index is 1.31. The Morgan fingerprint density at radius 2 is 1.39 bits per heavy atom. The maximum atomic E-state index is 13.3. The molecule has 2 bridgehead atoms. The Bertz CT molecular complexity index is 888. The Kier molecular flexibility index (Phi) is 5.50. The molecule has 2 aromatic rings. The van der Waals surface area contributed by atoms with Gasteiger partial charge in [0.25, 0.3) is 0 Å². The standard InChI is InChI=1S/C25H28N2O4/c28-24(21-19-11-12-20(31-19)22(21)25(29)30)27-15-13-26(14-16-27)23(17-7-3-1-4-8-17)18-9-5-2-6-10-18/h1-10,19-23H,11-16H2,(H,29,30)/t19-,20+,21+,22-/m1/s1. The zero-order valence-electron chi connectivity index (χ0n) is 17.5. The number of carbonyl (C=O) groups excluding carboxylic acids is 2. The summed E-state index contributed by atoms with van der Waals surface area (Å²) >= 11 is 0. The van der Waals surface area contributed by atoms with Crippen LogP contribution in [0.3, 0.4) is 0 Å². The van der Waals surface area contributed by atoms with Gasteiger partial charge in [-0.15, -0.1) is 0 Å². The van der Waals surface area contributed by atoms with Crippen molar-refractivity contribution in [1.82, 2.24) is 4.90 Å². The van der Waals surface area contributed by atoms with Crippen LogP contribution in [0, 0.1) is 11.8 Å². The quantitative estimate of drug-likeness (QED) is 0.742. The van der Waals surface area contributed by atoms with E-state index in [1.165, 1.54) is 16.0 Å². The Morgan fingerprint density at radius 3 is 1.90 bits per heavy atom. The van der Waals surface area contributed by atoms with E-state index < -0.39 is 17.8 Å². The first-order valence-corrected chi connectivity index (χ1v) is 11.2. The predicted octanol–water partition coefficient (Wildman–Crippen LogP) is 0.0466. The SMILES string of the molecule is O=C([O-])[C@H]1[C@@H](C(=O)N2CC[NH+](C(c3ccccc3)c3ccccc3)CC2)[C@H]2CC[C@@H]1O2. The van der Waals surface area contributed by atoms with Crippen LogP contribution in [0.5, 0.6) is 0 Å². The van der Waals surface area contributed by atoms with Crippen LogP contribution in [0.2, 0.25) is 0 Å². The Hall–Kier alpha value is -2.70. The van der Waals surface area contributed by atoms with Gasteiger partial charge in [0.2, 0.25) is 5.91 Å². The summed E-state index contributed by atoms with van der Waals surface area (Å²) in [6, 6.07) is 21.2. The first-order chi connectivity index (χ1) is 15.1. The number of hydrogen-bond acceptors (Lipinski definition) is 4. The van der Waals surface area contributed by atoms with Crippen molar-refractivity contribution < 1.29 is 24.3 Å². The van der Waals surface area contributed by atoms with Crippen molar-refractivity contribution in [1.29, 1.82) is 0 Å². The predicted molar refractivity (Wildman–Crippen MR) is 112 cm³/mol. The maximum Gasteiger partial charge on any atom is 0.229 e. The maximum absolute atomic E-state index is 13.3. The van der Waals surface area contributed by atoms with E-state index in [-0.39, 0.29) is 24.2 Å². The monoisotopic (exact) mass is 420 g/mol. The number of carboxylic acids is 1. The van der Waals surface area contributed by atoms with Gasteiger partial charge in [0.05, 0.1) is 44.3 Å². The van der Waals surface area contributed by atoms with E-state index in [0.717, 1.165) is 19.5 Å². The lowest BCUT2D eigenvalue weighted by Gasteiger charge is -2.39. The van der Waals surface area contributed by atoms with Gasteiger partial charge < -0.3 is 24.4 Å². The molecule has 0 saturated carbocycles. The largest absolute Gasteiger partial charge is 0.550 e. The molecule has 31 heavy (non-hydrogen) atoms. The van der Waals surface area contributed by atoms with E-state index in [1.54, 1.807) is 0 Å². The summed E-state index contributed by atoms with van der Waals surface area (Å²) in [6.45, 7) is 2.88. The zero-order valence-corrected chi connectivity index (χ0v) is 17.5. The first kappa shape index (κ1) is 20.2. The number of nitrogens with one attached hydrogen (secondary N) is 1. The van der Waals surface area contributed by atoms with E-state index in [0.29, 0.717) is 19.5 Å². The topological polar surface area (TPSA) is 74.1 Å². The van der Waals surface area contributed by atoms with Crippen molar-refractivity contribution >= 4 is 11.9 Å². The highest BCUT2D eigenvalue weighted by molar-refractivity contribution is 5.86. The van der Waals surface area contributed by atoms with E-state index in [4.69, 9.17) is 4.74 Å². The van der Waals surface area contributed by atoms with E-state index in [2.05, 4.69) is 48.5 Å². The number of hydrogen-bond donors (Lipinski definition) is 1. The third-order valence-electron chi connectivity index (χ3n) is 7.22. The molecule has 5 rings (SSSR count). The van der Waals surface area contributed by atoms with Gasteiger partial charge >= 0.3 is 0 Å². The van der Waals surface area contributed by atoms with Gasteiger partial charge in [-0.1, -0.05) is 60.7 Å². The smallest absolute Gasteiger partial charge is 0.229 e. The van der Waals surface area contributed by atoms with Gasteiger partial charge in [0.15, 0.2) is 0 Å². The molecule has 3 saturated heterocycles. The van der Waals surface area contributed by atoms with Gasteiger partial charge in [-0.2, -0.15) is 0 Å². The van der Waals surface area contributed by atoms with Crippen LogP contribution in [-0.2, 0) is 14.3 Å². The lowest BCUT2D eigenvalue weighted by atomic mass is 9.78. The lowest BCUT2D eigenvalue weighted by Crippen LogP contribution is -3.15. The van der Waals surface area contributed by atoms with Crippen LogP contribution in [-0.4, -0.2) is 55.2 Å². The van der Waals surface area contributed by atoms with Crippen LogP contribution in [0.4, 0.5) is 0 Å². The highest BCUT2D eigenvalue weighted by atomic mass is 16.5. The van der Waals surface area contributed by atoms with Crippen molar-refractivity contribution in [2.24, 2.45) is 11.8 Å². The number of benzene rings is 2. The minimum Gasteiger partial charge on any atom is -0.550 e. The molecule has 0 unspecified atom stereocenters. The second kappa shape index (κ2) is 8.44. The summed E-state index contributed by atoms with van der Waals surface area (Å²) in [7, 11) is 0. The lowest BCUT2D eigenvalue weighted by molar-refractivity contribution is -0.929. The van der Waals surface area contributed by atoms with Crippen LogP contribution in [0.1, 0.15) is 30.0 Å².